The van der Waals surface area contributed by atoms with Crippen molar-refractivity contribution in [1.82, 2.24) is 4.98 Å². The van der Waals surface area contributed by atoms with Gasteiger partial charge in [0.05, 0.1) is 10.0 Å². The zero-order valence-corrected chi connectivity index (χ0v) is 17.1. The average molecular weight is 482 g/mol. The van der Waals surface area contributed by atoms with Crippen LogP contribution >= 0.6 is 51.6 Å². The zero-order valence-electron chi connectivity index (χ0n) is 12.5. The first-order chi connectivity index (χ1) is 10.9. The quantitative estimate of drug-likeness (QED) is 0.290. The van der Waals surface area contributed by atoms with E-state index in [1.54, 1.807) is 19.3 Å². The molecule has 0 aliphatic rings. The van der Waals surface area contributed by atoms with Crippen molar-refractivity contribution < 1.29 is 4.74 Å². The molecule has 4 nitrogen and oxygen atoms in total. The minimum absolute atomic E-state index is 0.331. The molecule has 1 unspecified atom stereocenters. The van der Waals surface area contributed by atoms with Gasteiger partial charge in [0.1, 0.15) is 11.9 Å². The lowest BCUT2D eigenvalue weighted by Gasteiger charge is -2.19. The van der Waals surface area contributed by atoms with E-state index in [0.717, 1.165) is 11.3 Å². The third-order valence-corrected chi connectivity index (χ3v) is 4.96. The first-order valence-electron chi connectivity index (χ1n) is 6.70. The molecular formula is C15H15Cl2IN3OP. The predicted octanol–water partition coefficient (Wildman–Crippen LogP) is 6.27. The highest BCUT2D eigenvalue weighted by Gasteiger charge is 2.16. The van der Waals surface area contributed by atoms with E-state index >= 15 is 0 Å². The van der Waals surface area contributed by atoms with Crippen LogP contribution in [-0.4, -0.2) is 10.7 Å². The lowest BCUT2D eigenvalue weighted by atomic mass is 10.1. The Morgan fingerprint density at radius 3 is 2.57 bits per heavy atom. The van der Waals surface area contributed by atoms with Crippen LogP contribution in [-0.2, 0) is 0 Å². The molecule has 0 saturated heterocycles. The Morgan fingerprint density at radius 1 is 1.35 bits per heavy atom. The van der Waals surface area contributed by atoms with Crippen LogP contribution in [0.5, 0.6) is 5.75 Å². The minimum Gasteiger partial charge on any atom is -0.486 e. The van der Waals surface area contributed by atoms with E-state index in [4.69, 9.17) is 33.3 Å². The van der Waals surface area contributed by atoms with Crippen molar-refractivity contribution in [1.29, 1.82) is 5.41 Å². The van der Waals surface area contributed by atoms with Crippen molar-refractivity contribution in [3.63, 3.8) is 0 Å². The van der Waals surface area contributed by atoms with Gasteiger partial charge in [0.25, 0.3) is 0 Å². The number of ether oxygens (including phenoxy) is 1. The summed E-state index contributed by atoms with van der Waals surface area (Å²) in [5.41, 5.74) is 2.91. The molecule has 0 radical (unpaired) electrons. The van der Waals surface area contributed by atoms with Gasteiger partial charge in [-0.2, -0.15) is 0 Å². The van der Waals surface area contributed by atoms with Crippen molar-refractivity contribution in [2.75, 3.05) is 5.09 Å². The largest absolute Gasteiger partial charge is 0.486 e. The number of hydrogen-bond donors (Lipinski definition) is 2. The Hall–Kier alpha value is -0.620. The Bertz CT molecular complexity index is 710. The number of nitrogens with one attached hydrogen (secondary N) is 2. The van der Waals surface area contributed by atoms with Crippen LogP contribution in [0.4, 0.5) is 5.69 Å². The Labute approximate surface area is 160 Å². The summed E-state index contributed by atoms with van der Waals surface area (Å²) in [6, 6.07) is 5.63. The minimum atomic E-state index is -0.331. The lowest BCUT2D eigenvalue weighted by molar-refractivity contribution is 0.227. The molecule has 0 aliphatic heterocycles. The van der Waals surface area contributed by atoms with E-state index in [9.17, 15) is 0 Å². The summed E-state index contributed by atoms with van der Waals surface area (Å²) >= 11 is 14.6. The van der Waals surface area contributed by atoms with Crippen LogP contribution in [0.1, 0.15) is 31.1 Å². The number of aromatic nitrogens is 1. The van der Waals surface area contributed by atoms with Crippen LogP contribution in [0.3, 0.4) is 0 Å². The third-order valence-electron chi connectivity index (χ3n) is 3.19. The van der Waals surface area contributed by atoms with E-state index in [0.29, 0.717) is 33.4 Å². The monoisotopic (exact) mass is 481 g/mol. The fourth-order valence-electron chi connectivity index (χ4n) is 2.14. The second kappa shape index (κ2) is 8.47. The average Bonchev–Trinajstić information content (AvgIpc) is 2.48. The summed E-state index contributed by atoms with van der Waals surface area (Å²) in [7, 11) is 0. The van der Waals surface area contributed by atoms with Gasteiger partial charge < -0.3 is 15.2 Å². The molecule has 0 spiro atoms. The van der Waals surface area contributed by atoms with Gasteiger partial charge in [-0.05, 0) is 54.1 Å². The van der Waals surface area contributed by atoms with E-state index < -0.39 is 0 Å². The van der Waals surface area contributed by atoms with Crippen molar-refractivity contribution in [3.8, 4) is 5.75 Å². The second-order valence-corrected chi connectivity index (χ2v) is 7.70. The van der Waals surface area contributed by atoms with Crippen molar-refractivity contribution in [2.45, 2.75) is 20.0 Å². The molecule has 0 fully saturated rings. The molecule has 1 heterocycles. The fraction of sp³-hybridized carbons (Fsp3) is 0.200. The number of benzene rings is 1. The van der Waals surface area contributed by atoms with Gasteiger partial charge in [0, 0.05) is 41.3 Å². The van der Waals surface area contributed by atoms with Gasteiger partial charge in [0.2, 0.25) is 0 Å². The van der Waals surface area contributed by atoms with Crippen molar-refractivity contribution in [3.05, 3.63) is 51.8 Å². The summed E-state index contributed by atoms with van der Waals surface area (Å²) in [5.74, 6) is 0.658. The lowest BCUT2D eigenvalue weighted by Crippen LogP contribution is -2.06. The van der Waals surface area contributed by atoms with Gasteiger partial charge in [-0.1, -0.05) is 23.2 Å². The molecule has 2 rings (SSSR count). The maximum atomic E-state index is 7.92. The summed E-state index contributed by atoms with van der Waals surface area (Å²) in [4.78, 5) is 3.95. The SMILES string of the molecule is CC(=N)c1cc(O[C@H](C)c2c(Cl)cncc2Cl)ccc1NPI. The van der Waals surface area contributed by atoms with Crippen molar-refractivity contribution in [2.24, 2.45) is 0 Å². The smallest absolute Gasteiger partial charge is 0.124 e. The molecule has 2 aromatic rings. The van der Waals surface area contributed by atoms with Crippen LogP contribution in [0.15, 0.2) is 30.6 Å². The van der Waals surface area contributed by atoms with E-state index in [1.807, 2.05) is 25.1 Å². The van der Waals surface area contributed by atoms with Crippen LogP contribution in [0.2, 0.25) is 10.0 Å². The maximum Gasteiger partial charge on any atom is 0.124 e. The molecule has 0 bridgehead atoms. The number of rotatable bonds is 6. The summed E-state index contributed by atoms with van der Waals surface area (Å²) in [6.45, 7) is 3.63. The molecule has 0 saturated carbocycles. The summed E-state index contributed by atoms with van der Waals surface area (Å²) in [5, 5.41) is 12.1. The summed E-state index contributed by atoms with van der Waals surface area (Å²) in [6.07, 6.45) is 3.29. The van der Waals surface area contributed by atoms with Crippen LogP contribution in [0, 0.1) is 5.41 Å². The number of halogens is 3. The highest BCUT2D eigenvalue weighted by atomic mass is 127. The molecule has 0 amide bonds. The van der Waals surface area contributed by atoms with Gasteiger partial charge in [0.15, 0.2) is 0 Å². The Morgan fingerprint density at radius 2 is 2.00 bits per heavy atom. The van der Waals surface area contributed by atoms with Gasteiger partial charge in [-0.3, -0.25) is 4.98 Å². The van der Waals surface area contributed by atoms with E-state index in [1.165, 1.54) is 0 Å². The van der Waals surface area contributed by atoms with Crippen molar-refractivity contribution >= 4 is 63.0 Å². The highest BCUT2D eigenvalue weighted by molar-refractivity contribution is 14.2. The number of nitrogens with zero attached hydrogens (tertiary/aromatic N) is 1. The molecule has 0 aliphatic carbocycles. The topological polar surface area (TPSA) is 58.0 Å². The molecule has 1 aromatic carbocycles. The summed E-state index contributed by atoms with van der Waals surface area (Å²) < 4.78 is 5.97. The molecule has 122 valence electrons. The molecule has 23 heavy (non-hydrogen) atoms. The van der Waals surface area contributed by atoms with Crippen LogP contribution < -0.4 is 9.82 Å². The standard InChI is InChI=1S/C15H15Cl2IN3OP/c1-8(19)11-5-10(3-4-14(11)21-23-18)22-9(2)15-12(16)6-20-7-13(15)17/h3-7,9,19,21,23H,1-2H3/t9-/m1/s1. The van der Waals surface area contributed by atoms with E-state index in [-0.39, 0.29) is 6.10 Å². The maximum absolute atomic E-state index is 7.92. The number of pyridine rings is 1. The normalized spacial score (nSPS) is 12.4. The number of anilines is 1. The van der Waals surface area contributed by atoms with Crippen LogP contribution in [0.25, 0.3) is 0 Å². The molecule has 2 N–H and O–H groups in total. The third kappa shape index (κ3) is 4.69. The van der Waals surface area contributed by atoms with Gasteiger partial charge in [-0.15, -0.1) is 0 Å². The fourth-order valence-corrected chi connectivity index (χ4v) is 4.00. The highest BCUT2D eigenvalue weighted by Crippen LogP contribution is 2.34. The van der Waals surface area contributed by atoms with E-state index in [2.05, 4.69) is 32.1 Å². The first kappa shape index (κ1) is 18.7. The van der Waals surface area contributed by atoms with Gasteiger partial charge >= 0.3 is 0 Å². The Kier molecular flexibility index (Phi) is 6.89. The molecule has 8 heteroatoms. The molecular weight excluding hydrogens is 467 g/mol. The second-order valence-electron chi connectivity index (χ2n) is 4.83. The first-order valence-corrected chi connectivity index (χ1v) is 11.6. The molecule has 2 atom stereocenters. The number of hydrogen-bond acceptors (Lipinski definition) is 4. The Balaban J connectivity index is 2.29. The predicted molar refractivity (Wildman–Crippen MR) is 108 cm³/mol. The van der Waals surface area contributed by atoms with Gasteiger partial charge in [-0.25, -0.2) is 0 Å². The molecule has 1 aromatic heterocycles. The zero-order chi connectivity index (χ0) is 17.0.